The van der Waals surface area contributed by atoms with Crippen molar-refractivity contribution in [3.63, 3.8) is 0 Å². The maximum absolute atomic E-state index is 5.73. The van der Waals surface area contributed by atoms with Gasteiger partial charge >= 0.3 is 0 Å². The number of nitrogen functional groups attached to an aromatic ring is 1. The van der Waals surface area contributed by atoms with E-state index in [2.05, 4.69) is 12.2 Å². The van der Waals surface area contributed by atoms with Crippen molar-refractivity contribution in [1.29, 1.82) is 0 Å². The summed E-state index contributed by atoms with van der Waals surface area (Å²) in [6.45, 7) is 4.81. The van der Waals surface area contributed by atoms with Gasteiger partial charge in [0.1, 0.15) is 12.4 Å². The number of nitrogens with one attached hydrogen (secondary N) is 1. The van der Waals surface area contributed by atoms with Gasteiger partial charge in [-0.15, -0.1) is 0 Å². The molecule has 13 heavy (non-hydrogen) atoms. The van der Waals surface area contributed by atoms with Crippen molar-refractivity contribution in [1.82, 2.24) is 0 Å². The van der Waals surface area contributed by atoms with Gasteiger partial charge < -0.3 is 15.8 Å². The third kappa shape index (κ3) is 1.41. The van der Waals surface area contributed by atoms with Crippen LogP contribution in [-0.2, 0) is 0 Å². The van der Waals surface area contributed by atoms with E-state index in [4.69, 9.17) is 10.5 Å². The normalized spacial score (nSPS) is 20.0. The number of fused-ring (bicyclic) bond motifs is 1. The molecule has 1 heterocycles. The lowest BCUT2D eigenvalue weighted by Crippen LogP contribution is -2.28. The van der Waals surface area contributed by atoms with Crippen molar-refractivity contribution in [3.8, 4) is 5.75 Å². The molecule has 0 radical (unpaired) electrons. The third-order valence-electron chi connectivity index (χ3n) is 2.18. The second-order valence-corrected chi connectivity index (χ2v) is 3.57. The molecule has 3 N–H and O–H groups in total. The molecule has 1 unspecified atom stereocenters. The fourth-order valence-electron chi connectivity index (χ4n) is 1.62. The molecule has 2 rings (SSSR count). The monoisotopic (exact) mass is 178 g/mol. The number of benzene rings is 1. The first-order valence-electron chi connectivity index (χ1n) is 4.46. The van der Waals surface area contributed by atoms with Gasteiger partial charge in [-0.05, 0) is 31.5 Å². The molecule has 0 saturated carbocycles. The number of anilines is 2. The molecule has 1 aromatic rings. The van der Waals surface area contributed by atoms with E-state index in [0.29, 0.717) is 6.04 Å². The van der Waals surface area contributed by atoms with E-state index < -0.39 is 0 Å². The quantitative estimate of drug-likeness (QED) is 0.595. The summed E-state index contributed by atoms with van der Waals surface area (Å²) >= 11 is 0. The van der Waals surface area contributed by atoms with Gasteiger partial charge in [-0.2, -0.15) is 0 Å². The Morgan fingerprint density at radius 2 is 2.31 bits per heavy atom. The minimum Gasteiger partial charge on any atom is -0.489 e. The number of aryl methyl sites for hydroxylation is 1. The minimum atomic E-state index is 0.355. The molecule has 1 aliphatic rings. The summed E-state index contributed by atoms with van der Waals surface area (Å²) in [7, 11) is 0. The lowest BCUT2D eigenvalue weighted by Gasteiger charge is -2.26. The van der Waals surface area contributed by atoms with Crippen LogP contribution in [0.4, 0.5) is 11.4 Å². The molecule has 0 aliphatic carbocycles. The van der Waals surface area contributed by atoms with E-state index >= 15 is 0 Å². The summed E-state index contributed by atoms with van der Waals surface area (Å²) in [5.41, 5.74) is 8.61. The van der Waals surface area contributed by atoms with E-state index in [9.17, 15) is 0 Å². The van der Waals surface area contributed by atoms with Crippen LogP contribution in [0.5, 0.6) is 5.75 Å². The summed E-state index contributed by atoms with van der Waals surface area (Å²) in [6.07, 6.45) is 0. The number of rotatable bonds is 0. The Morgan fingerprint density at radius 3 is 3.08 bits per heavy atom. The zero-order valence-electron chi connectivity index (χ0n) is 7.92. The Kier molecular flexibility index (Phi) is 1.79. The maximum atomic E-state index is 5.73. The second-order valence-electron chi connectivity index (χ2n) is 3.57. The van der Waals surface area contributed by atoms with Gasteiger partial charge in [0, 0.05) is 5.69 Å². The molecule has 3 heteroatoms. The highest BCUT2D eigenvalue weighted by molar-refractivity contribution is 5.68. The molecule has 1 aliphatic heterocycles. The van der Waals surface area contributed by atoms with E-state index in [0.717, 1.165) is 29.3 Å². The first-order chi connectivity index (χ1) is 6.16. The molecular formula is C10H14N2O. The van der Waals surface area contributed by atoms with Crippen molar-refractivity contribution >= 4 is 11.4 Å². The van der Waals surface area contributed by atoms with Crippen LogP contribution in [0.3, 0.4) is 0 Å². The third-order valence-corrected chi connectivity index (χ3v) is 2.18. The topological polar surface area (TPSA) is 47.3 Å². The van der Waals surface area contributed by atoms with E-state index in [1.807, 2.05) is 19.1 Å². The molecule has 70 valence electrons. The number of nitrogens with two attached hydrogens (primary N) is 1. The van der Waals surface area contributed by atoms with Crippen molar-refractivity contribution in [2.45, 2.75) is 19.9 Å². The Bertz CT molecular complexity index is 336. The lowest BCUT2D eigenvalue weighted by atomic mass is 10.1. The van der Waals surface area contributed by atoms with Crippen molar-refractivity contribution in [2.75, 3.05) is 17.7 Å². The molecule has 0 amide bonds. The van der Waals surface area contributed by atoms with Crippen LogP contribution in [-0.4, -0.2) is 12.6 Å². The Labute approximate surface area is 77.9 Å². The van der Waals surface area contributed by atoms with Gasteiger partial charge in [-0.1, -0.05) is 0 Å². The molecule has 0 saturated heterocycles. The van der Waals surface area contributed by atoms with Crippen molar-refractivity contribution < 1.29 is 4.74 Å². The van der Waals surface area contributed by atoms with Gasteiger partial charge in [0.25, 0.3) is 0 Å². The fraction of sp³-hybridized carbons (Fsp3) is 0.400. The highest BCUT2D eigenvalue weighted by Gasteiger charge is 2.17. The van der Waals surface area contributed by atoms with Crippen LogP contribution in [0.15, 0.2) is 12.1 Å². The maximum Gasteiger partial charge on any atom is 0.145 e. The Hall–Kier alpha value is -1.38. The van der Waals surface area contributed by atoms with Gasteiger partial charge in [0.05, 0.1) is 11.7 Å². The second kappa shape index (κ2) is 2.83. The zero-order valence-corrected chi connectivity index (χ0v) is 7.92. The molecule has 3 nitrogen and oxygen atoms in total. The number of hydrogen-bond acceptors (Lipinski definition) is 3. The Morgan fingerprint density at radius 1 is 1.54 bits per heavy atom. The van der Waals surface area contributed by atoms with Crippen molar-refractivity contribution in [2.24, 2.45) is 0 Å². The largest absolute Gasteiger partial charge is 0.489 e. The summed E-state index contributed by atoms with van der Waals surface area (Å²) in [5, 5.41) is 3.34. The van der Waals surface area contributed by atoms with E-state index in [-0.39, 0.29) is 0 Å². The van der Waals surface area contributed by atoms with Crippen LogP contribution in [0.1, 0.15) is 12.5 Å². The van der Waals surface area contributed by atoms with Gasteiger partial charge in [0.15, 0.2) is 0 Å². The summed E-state index contributed by atoms with van der Waals surface area (Å²) < 4.78 is 5.60. The number of hydrogen-bond donors (Lipinski definition) is 2. The molecule has 0 bridgehead atoms. The van der Waals surface area contributed by atoms with E-state index in [1.54, 1.807) is 0 Å². The SMILES string of the molecule is Cc1cc(N)cc2c1OCC(C)N2. The van der Waals surface area contributed by atoms with Gasteiger partial charge in [-0.3, -0.25) is 0 Å². The summed E-state index contributed by atoms with van der Waals surface area (Å²) in [4.78, 5) is 0. The van der Waals surface area contributed by atoms with Crippen LogP contribution in [0, 0.1) is 6.92 Å². The average molecular weight is 178 g/mol. The van der Waals surface area contributed by atoms with Crippen molar-refractivity contribution in [3.05, 3.63) is 17.7 Å². The first kappa shape index (κ1) is 8.23. The minimum absolute atomic E-state index is 0.355. The first-order valence-corrected chi connectivity index (χ1v) is 4.46. The highest BCUT2D eigenvalue weighted by atomic mass is 16.5. The molecule has 0 spiro atoms. The molecule has 0 aromatic heterocycles. The Balaban J connectivity index is 2.47. The van der Waals surface area contributed by atoms with Crippen LogP contribution in [0.25, 0.3) is 0 Å². The summed E-state index contributed by atoms with van der Waals surface area (Å²) in [5.74, 6) is 0.937. The molecular weight excluding hydrogens is 164 g/mol. The van der Waals surface area contributed by atoms with Crippen LogP contribution >= 0.6 is 0 Å². The lowest BCUT2D eigenvalue weighted by molar-refractivity contribution is 0.290. The van der Waals surface area contributed by atoms with Crippen LogP contribution in [0.2, 0.25) is 0 Å². The predicted molar refractivity (Wildman–Crippen MR) is 54.2 cm³/mol. The summed E-state index contributed by atoms with van der Waals surface area (Å²) in [6, 6.07) is 4.20. The molecule has 1 aromatic carbocycles. The van der Waals surface area contributed by atoms with Crippen LogP contribution < -0.4 is 15.8 Å². The van der Waals surface area contributed by atoms with Gasteiger partial charge in [0.2, 0.25) is 0 Å². The molecule has 1 atom stereocenters. The predicted octanol–water partition coefficient (Wildman–Crippen LogP) is 1.77. The standard InChI is InChI=1S/C10H14N2O/c1-6-3-8(11)4-9-10(6)13-5-7(2)12-9/h3-4,7,12H,5,11H2,1-2H3. The zero-order chi connectivity index (χ0) is 9.42. The molecule has 0 fully saturated rings. The highest BCUT2D eigenvalue weighted by Crippen LogP contribution is 2.34. The average Bonchev–Trinajstić information content (AvgIpc) is 2.02. The smallest absolute Gasteiger partial charge is 0.145 e. The van der Waals surface area contributed by atoms with E-state index in [1.165, 1.54) is 0 Å². The van der Waals surface area contributed by atoms with Gasteiger partial charge in [-0.25, -0.2) is 0 Å². The fourth-order valence-corrected chi connectivity index (χ4v) is 1.62. The number of ether oxygens (including phenoxy) is 1.